The summed E-state index contributed by atoms with van der Waals surface area (Å²) in [6.07, 6.45) is 3.82. The molecule has 1 aliphatic carbocycles. The number of rotatable bonds is 3. The van der Waals surface area contributed by atoms with Crippen molar-refractivity contribution in [2.45, 2.75) is 26.2 Å². The Balaban J connectivity index is 2.18. The van der Waals surface area contributed by atoms with Crippen LogP contribution in [0.25, 0.3) is 0 Å². The Kier molecular flexibility index (Phi) is 1.71. The first-order valence-corrected chi connectivity index (χ1v) is 4.48. The molecule has 1 aliphatic rings. The van der Waals surface area contributed by atoms with Crippen LogP contribution in [0.2, 0.25) is 0 Å². The van der Waals surface area contributed by atoms with Gasteiger partial charge in [-0.1, -0.05) is 0 Å². The summed E-state index contributed by atoms with van der Waals surface area (Å²) in [7, 11) is 1.87. The van der Waals surface area contributed by atoms with Gasteiger partial charge in [0.05, 0.1) is 0 Å². The van der Waals surface area contributed by atoms with Crippen LogP contribution in [0.15, 0.2) is 0 Å². The zero-order chi connectivity index (χ0) is 9.47. The lowest BCUT2D eigenvalue weighted by molar-refractivity contribution is -0.112. The number of hydrogen-bond acceptors (Lipinski definition) is 3. The van der Waals surface area contributed by atoms with Crippen LogP contribution >= 0.6 is 0 Å². The van der Waals surface area contributed by atoms with Crippen LogP contribution in [0, 0.1) is 12.3 Å². The zero-order valence-corrected chi connectivity index (χ0v) is 7.95. The van der Waals surface area contributed by atoms with Gasteiger partial charge in [0.25, 0.3) is 0 Å². The van der Waals surface area contributed by atoms with E-state index in [1.54, 1.807) is 4.68 Å². The fourth-order valence-corrected chi connectivity index (χ4v) is 1.52. The van der Waals surface area contributed by atoms with E-state index in [2.05, 4.69) is 10.1 Å². The molecule has 0 amide bonds. The first-order chi connectivity index (χ1) is 6.15. The standard InChI is InChI=1S/C9H13N3O/c1-7-10-8(12(2)11-7)5-9(6-13)3-4-9/h6H,3-5H2,1-2H3. The van der Waals surface area contributed by atoms with E-state index in [0.29, 0.717) is 0 Å². The molecule has 1 fully saturated rings. The number of carbonyl (C=O) groups excluding carboxylic acids is 1. The van der Waals surface area contributed by atoms with Crippen molar-refractivity contribution in [3.63, 3.8) is 0 Å². The maximum Gasteiger partial charge on any atom is 0.147 e. The van der Waals surface area contributed by atoms with Crippen molar-refractivity contribution in [1.82, 2.24) is 14.8 Å². The lowest BCUT2D eigenvalue weighted by Gasteiger charge is -2.04. The highest BCUT2D eigenvalue weighted by Crippen LogP contribution is 2.45. The molecule has 13 heavy (non-hydrogen) atoms. The van der Waals surface area contributed by atoms with Gasteiger partial charge in [0, 0.05) is 18.9 Å². The minimum atomic E-state index is -0.104. The Bertz CT molecular complexity index is 339. The second-order valence-electron chi connectivity index (χ2n) is 3.86. The molecule has 0 N–H and O–H groups in total. The van der Waals surface area contributed by atoms with E-state index in [9.17, 15) is 4.79 Å². The number of nitrogens with zero attached hydrogens (tertiary/aromatic N) is 3. The van der Waals surface area contributed by atoms with Crippen molar-refractivity contribution in [2.75, 3.05) is 0 Å². The van der Waals surface area contributed by atoms with Crippen LogP contribution in [-0.2, 0) is 18.3 Å². The topological polar surface area (TPSA) is 47.8 Å². The van der Waals surface area contributed by atoms with Gasteiger partial charge in [-0.2, -0.15) is 5.10 Å². The predicted octanol–water partition coefficient (Wildman–Crippen LogP) is 0.645. The number of aromatic nitrogens is 3. The smallest absolute Gasteiger partial charge is 0.147 e. The largest absolute Gasteiger partial charge is 0.303 e. The van der Waals surface area contributed by atoms with Gasteiger partial charge in [-0.15, -0.1) is 0 Å². The summed E-state index contributed by atoms with van der Waals surface area (Å²) >= 11 is 0. The number of aldehydes is 1. The molecule has 70 valence electrons. The molecule has 1 aromatic rings. The highest BCUT2D eigenvalue weighted by molar-refractivity contribution is 5.63. The van der Waals surface area contributed by atoms with Crippen LogP contribution in [0.5, 0.6) is 0 Å². The third-order valence-corrected chi connectivity index (χ3v) is 2.61. The summed E-state index contributed by atoms with van der Waals surface area (Å²) in [6, 6.07) is 0. The number of aryl methyl sites for hydroxylation is 2. The van der Waals surface area contributed by atoms with Crippen molar-refractivity contribution in [1.29, 1.82) is 0 Å². The molecule has 1 aromatic heterocycles. The van der Waals surface area contributed by atoms with Gasteiger partial charge in [0.15, 0.2) is 0 Å². The summed E-state index contributed by atoms with van der Waals surface area (Å²) in [5.41, 5.74) is -0.104. The van der Waals surface area contributed by atoms with Gasteiger partial charge in [-0.3, -0.25) is 4.68 Å². The van der Waals surface area contributed by atoms with Gasteiger partial charge in [0.1, 0.15) is 17.9 Å². The minimum Gasteiger partial charge on any atom is -0.303 e. The van der Waals surface area contributed by atoms with E-state index in [-0.39, 0.29) is 5.41 Å². The molecule has 4 heteroatoms. The minimum absolute atomic E-state index is 0.104. The molecule has 0 unspecified atom stereocenters. The van der Waals surface area contributed by atoms with Gasteiger partial charge >= 0.3 is 0 Å². The molecule has 0 spiro atoms. The molecule has 0 bridgehead atoms. The Labute approximate surface area is 77.0 Å². The average Bonchev–Trinajstić information content (AvgIpc) is 2.77. The Hall–Kier alpha value is -1.19. The highest BCUT2D eigenvalue weighted by atomic mass is 16.1. The van der Waals surface area contributed by atoms with Gasteiger partial charge in [0.2, 0.25) is 0 Å². The van der Waals surface area contributed by atoms with Crippen molar-refractivity contribution in [3.8, 4) is 0 Å². The summed E-state index contributed by atoms with van der Waals surface area (Å²) in [5.74, 6) is 1.70. The SMILES string of the molecule is Cc1nc(CC2(C=O)CC2)n(C)n1. The molecule has 1 heterocycles. The van der Waals surface area contributed by atoms with Gasteiger partial charge in [-0.25, -0.2) is 4.98 Å². The van der Waals surface area contributed by atoms with E-state index in [1.807, 2.05) is 14.0 Å². The first kappa shape index (κ1) is 8.41. The van der Waals surface area contributed by atoms with E-state index in [1.165, 1.54) is 0 Å². The van der Waals surface area contributed by atoms with Crippen molar-refractivity contribution in [2.24, 2.45) is 12.5 Å². The summed E-state index contributed by atoms with van der Waals surface area (Å²) in [6.45, 7) is 1.87. The Morgan fingerprint density at radius 3 is 2.69 bits per heavy atom. The van der Waals surface area contributed by atoms with Gasteiger partial charge in [-0.05, 0) is 19.8 Å². The fraction of sp³-hybridized carbons (Fsp3) is 0.667. The van der Waals surface area contributed by atoms with E-state index in [4.69, 9.17) is 0 Å². The monoisotopic (exact) mass is 179 g/mol. The molecule has 2 rings (SSSR count). The molecular weight excluding hydrogens is 166 g/mol. The zero-order valence-electron chi connectivity index (χ0n) is 7.95. The van der Waals surface area contributed by atoms with Crippen LogP contribution in [0.4, 0.5) is 0 Å². The van der Waals surface area contributed by atoms with E-state index in [0.717, 1.165) is 37.2 Å². The van der Waals surface area contributed by atoms with Gasteiger partial charge < -0.3 is 4.79 Å². The van der Waals surface area contributed by atoms with E-state index >= 15 is 0 Å². The molecule has 1 saturated carbocycles. The molecule has 0 aromatic carbocycles. The molecule has 4 nitrogen and oxygen atoms in total. The predicted molar refractivity (Wildman–Crippen MR) is 47.2 cm³/mol. The van der Waals surface area contributed by atoms with Crippen LogP contribution < -0.4 is 0 Å². The summed E-state index contributed by atoms with van der Waals surface area (Å²) in [4.78, 5) is 15.0. The normalized spacial score (nSPS) is 18.6. The van der Waals surface area contributed by atoms with E-state index < -0.39 is 0 Å². The first-order valence-electron chi connectivity index (χ1n) is 4.48. The van der Waals surface area contributed by atoms with Crippen molar-refractivity contribution in [3.05, 3.63) is 11.6 Å². The Morgan fingerprint density at radius 2 is 2.31 bits per heavy atom. The molecule has 0 saturated heterocycles. The number of carbonyl (C=O) groups is 1. The maximum atomic E-state index is 10.8. The quantitative estimate of drug-likeness (QED) is 0.640. The van der Waals surface area contributed by atoms with Crippen LogP contribution in [0.3, 0.4) is 0 Å². The van der Waals surface area contributed by atoms with Crippen molar-refractivity contribution >= 4 is 6.29 Å². The third kappa shape index (κ3) is 1.48. The second kappa shape index (κ2) is 2.65. The third-order valence-electron chi connectivity index (χ3n) is 2.61. The molecule has 0 radical (unpaired) electrons. The van der Waals surface area contributed by atoms with Crippen LogP contribution in [0.1, 0.15) is 24.5 Å². The number of hydrogen-bond donors (Lipinski definition) is 0. The summed E-state index contributed by atoms with van der Waals surface area (Å²) in [5, 5.41) is 4.15. The second-order valence-corrected chi connectivity index (χ2v) is 3.86. The highest BCUT2D eigenvalue weighted by Gasteiger charge is 2.43. The Morgan fingerprint density at radius 1 is 1.62 bits per heavy atom. The molecular formula is C9H13N3O. The summed E-state index contributed by atoms with van der Waals surface area (Å²) < 4.78 is 1.76. The van der Waals surface area contributed by atoms with Crippen LogP contribution in [-0.4, -0.2) is 21.1 Å². The molecule has 0 atom stereocenters. The molecule has 0 aliphatic heterocycles. The lowest BCUT2D eigenvalue weighted by atomic mass is 10.1. The van der Waals surface area contributed by atoms with Crippen molar-refractivity contribution < 1.29 is 4.79 Å². The maximum absolute atomic E-state index is 10.8. The fourth-order valence-electron chi connectivity index (χ4n) is 1.52. The average molecular weight is 179 g/mol. The lowest BCUT2D eigenvalue weighted by Crippen LogP contribution is -2.11.